The molecule has 0 fully saturated rings. The Morgan fingerprint density at radius 3 is 2.15 bits per heavy atom. The topological polar surface area (TPSA) is 54.8 Å². The van der Waals surface area contributed by atoms with Crippen LogP contribution in [0, 0.1) is 0 Å². The summed E-state index contributed by atoms with van der Waals surface area (Å²) in [5.74, 6) is -0.150. The van der Waals surface area contributed by atoms with Gasteiger partial charge in [-0.3, -0.25) is 19.3 Å². The van der Waals surface area contributed by atoms with Crippen molar-refractivity contribution in [3.63, 3.8) is 0 Å². The van der Waals surface area contributed by atoms with Crippen LogP contribution < -0.4 is 15.2 Å². The maximum Gasteiger partial charge on any atom is 0.277 e. The van der Waals surface area contributed by atoms with Crippen LogP contribution in [-0.2, 0) is 0 Å². The molecule has 0 radical (unpaired) electrons. The van der Waals surface area contributed by atoms with Crippen LogP contribution >= 0.6 is 0 Å². The van der Waals surface area contributed by atoms with Crippen molar-refractivity contribution in [3.8, 4) is 5.75 Å². The molecular weight excluding hydrogens is 426 g/mol. The lowest BCUT2D eigenvalue weighted by Crippen LogP contribution is -2.54. The zero-order chi connectivity index (χ0) is 24.2. The lowest BCUT2D eigenvalue weighted by atomic mass is 9.98. The van der Waals surface area contributed by atoms with Crippen molar-refractivity contribution in [2.45, 2.75) is 32.7 Å². The van der Waals surface area contributed by atoms with Crippen LogP contribution in [0.5, 0.6) is 5.75 Å². The predicted octanol–water partition coefficient (Wildman–Crippen LogP) is 4.83. The van der Waals surface area contributed by atoms with Gasteiger partial charge in [-0.25, -0.2) is 0 Å². The Balaban J connectivity index is 1.97. The molecule has 0 saturated heterocycles. The summed E-state index contributed by atoms with van der Waals surface area (Å²) in [5, 5.41) is 2.10. The fourth-order valence-electron chi connectivity index (χ4n) is 4.28. The molecule has 34 heavy (non-hydrogen) atoms. The third kappa shape index (κ3) is 4.36. The number of pyridine rings is 1. The van der Waals surface area contributed by atoms with Crippen LogP contribution in [-0.4, -0.2) is 35.8 Å². The first-order chi connectivity index (χ1) is 16.4. The van der Waals surface area contributed by atoms with Gasteiger partial charge in [0.15, 0.2) is 11.4 Å². The van der Waals surface area contributed by atoms with Crippen LogP contribution in [0.3, 0.4) is 0 Å². The smallest absolute Gasteiger partial charge is 0.277 e. The molecule has 2 aromatic carbocycles. The molecule has 1 amide bonds. The van der Waals surface area contributed by atoms with E-state index < -0.39 is 0 Å². The largest absolute Gasteiger partial charge is 0.487 e. The van der Waals surface area contributed by atoms with Gasteiger partial charge in [-0.1, -0.05) is 80.6 Å². The van der Waals surface area contributed by atoms with Crippen molar-refractivity contribution in [1.29, 1.82) is 0 Å². The van der Waals surface area contributed by atoms with Crippen molar-refractivity contribution in [3.05, 3.63) is 106 Å². The lowest BCUT2D eigenvalue weighted by Gasteiger charge is -2.43. The van der Waals surface area contributed by atoms with E-state index in [9.17, 15) is 9.59 Å². The number of fused-ring (bicyclic) bond motifs is 1. The van der Waals surface area contributed by atoms with Crippen molar-refractivity contribution in [2.75, 3.05) is 25.3 Å². The van der Waals surface area contributed by atoms with Crippen LogP contribution in [0.25, 0.3) is 5.57 Å². The lowest BCUT2D eigenvalue weighted by molar-refractivity contribution is 0.0724. The molecule has 0 N–H and O–H groups in total. The maximum atomic E-state index is 13.4. The van der Waals surface area contributed by atoms with Crippen LogP contribution in [0.1, 0.15) is 59.9 Å². The highest BCUT2D eigenvalue weighted by molar-refractivity contribution is 5.96. The molecule has 1 aliphatic heterocycles. The SMILES string of the molecule is C=C(C)c1cn2c(c(OCCCC)c1=O)C(=O)N(C)CN2C(c1ccccc1)c1ccccc1. The molecule has 6 heteroatoms. The first kappa shape index (κ1) is 23.4. The highest BCUT2D eigenvalue weighted by Gasteiger charge is 2.36. The monoisotopic (exact) mass is 457 g/mol. The Bertz CT molecular complexity index is 1200. The Labute approximate surface area is 200 Å². The summed E-state index contributed by atoms with van der Waals surface area (Å²) in [7, 11) is 1.75. The molecular formula is C28H31N3O3. The molecule has 4 rings (SSSR count). The van der Waals surface area contributed by atoms with Crippen molar-refractivity contribution < 1.29 is 9.53 Å². The molecule has 1 aromatic heterocycles. The number of carbonyl (C=O) groups excluding carboxylic acids is 1. The van der Waals surface area contributed by atoms with E-state index in [0.29, 0.717) is 24.4 Å². The zero-order valence-corrected chi connectivity index (χ0v) is 20.0. The summed E-state index contributed by atoms with van der Waals surface area (Å²) in [6.45, 7) is 8.58. The van der Waals surface area contributed by atoms with E-state index in [1.54, 1.807) is 29.7 Å². The van der Waals surface area contributed by atoms with E-state index in [4.69, 9.17) is 4.74 Å². The normalized spacial score (nSPS) is 13.2. The quantitative estimate of drug-likeness (QED) is 0.455. The Kier molecular flexibility index (Phi) is 6.87. The van der Waals surface area contributed by atoms with Crippen LogP contribution in [0.2, 0.25) is 0 Å². The molecule has 0 atom stereocenters. The summed E-state index contributed by atoms with van der Waals surface area (Å²) in [6, 6.07) is 20.1. The number of rotatable bonds is 8. The number of nitrogens with zero attached hydrogens (tertiary/aromatic N) is 3. The average Bonchev–Trinajstić information content (AvgIpc) is 2.84. The van der Waals surface area contributed by atoms with Gasteiger partial charge < -0.3 is 9.64 Å². The van der Waals surface area contributed by atoms with Gasteiger partial charge in [-0.15, -0.1) is 0 Å². The van der Waals surface area contributed by atoms with Crippen molar-refractivity contribution in [1.82, 2.24) is 9.58 Å². The second-order valence-corrected chi connectivity index (χ2v) is 8.68. The molecule has 0 aliphatic carbocycles. The summed E-state index contributed by atoms with van der Waals surface area (Å²) in [6.07, 6.45) is 3.45. The van der Waals surface area contributed by atoms with Gasteiger partial charge in [0.05, 0.1) is 12.6 Å². The number of carbonyl (C=O) groups is 1. The van der Waals surface area contributed by atoms with E-state index in [-0.39, 0.29) is 28.8 Å². The molecule has 0 unspecified atom stereocenters. The molecule has 2 heterocycles. The number of hydrogen-bond acceptors (Lipinski definition) is 4. The zero-order valence-electron chi connectivity index (χ0n) is 20.0. The fourth-order valence-corrected chi connectivity index (χ4v) is 4.28. The Morgan fingerprint density at radius 1 is 1.03 bits per heavy atom. The minimum atomic E-state index is -0.297. The molecule has 0 saturated carbocycles. The third-order valence-corrected chi connectivity index (χ3v) is 6.06. The van der Waals surface area contributed by atoms with E-state index >= 15 is 0 Å². The highest BCUT2D eigenvalue weighted by Crippen LogP contribution is 2.32. The first-order valence-corrected chi connectivity index (χ1v) is 11.6. The molecule has 1 aliphatic rings. The molecule has 0 spiro atoms. The van der Waals surface area contributed by atoms with Crippen LogP contribution in [0.4, 0.5) is 0 Å². The maximum absolute atomic E-state index is 13.4. The van der Waals surface area contributed by atoms with Gasteiger partial charge in [0.1, 0.15) is 6.67 Å². The minimum Gasteiger partial charge on any atom is -0.487 e. The second-order valence-electron chi connectivity index (χ2n) is 8.68. The van der Waals surface area contributed by atoms with Gasteiger partial charge in [-0.2, -0.15) is 0 Å². The van der Waals surface area contributed by atoms with E-state index in [1.807, 2.05) is 36.4 Å². The summed E-state index contributed by atoms with van der Waals surface area (Å²) < 4.78 is 7.78. The van der Waals surface area contributed by atoms with Gasteiger partial charge >= 0.3 is 0 Å². The summed E-state index contributed by atoms with van der Waals surface area (Å²) in [4.78, 5) is 28.4. The number of aromatic nitrogens is 1. The molecule has 3 aromatic rings. The minimum absolute atomic E-state index is 0.0929. The van der Waals surface area contributed by atoms with Gasteiger partial charge in [0.25, 0.3) is 5.91 Å². The standard InChI is InChI=1S/C28H31N3O3/c1-5-6-17-34-27-25-28(33)29(4)19-31(30(25)18-23(20(2)3)26(27)32)24(21-13-9-7-10-14-21)22-15-11-8-12-16-22/h7-16,18,24H,2,5-6,17,19H2,1,3-4H3. The number of benzene rings is 2. The van der Waals surface area contributed by atoms with E-state index in [0.717, 1.165) is 24.0 Å². The predicted molar refractivity (Wildman–Crippen MR) is 136 cm³/mol. The molecule has 176 valence electrons. The van der Waals surface area contributed by atoms with Crippen molar-refractivity contribution in [2.24, 2.45) is 0 Å². The number of unbranched alkanes of at least 4 members (excludes halogenated alkanes) is 1. The van der Waals surface area contributed by atoms with E-state index in [1.165, 1.54) is 0 Å². The third-order valence-electron chi connectivity index (χ3n) is 6.06. The highest BCUT2D eigenvalue weighted by atomic mass is 16.5. The second kappa shape index (κ2) is 10.00. The van der Waals surface area contributed by atoms with E-state index in [2.05, 4.69) is 42.8 Å². The number of hydrogen-bond donors (Lipinski definition) is 0. The molecule has 6 nitrogen and oxygen atoms in total. The van der Waals surface area contributed by atoms with Crippen LogP contribution in [0.15, 0.2) is 78.2 Å². The molecule has 0 bridgehead atoms. The first-order valence-electron chi connectivity index (χ1n) is 11.6. The summed E-state index contributed by atoms with van der Waals surface area (Å²) >= 11 is 0. The number of ether oxygens (including phenoxy) is 1. The average molecular weight is 458 g/mol. The van der Waals surface area contributed by atoms with Gasteiger partial charge in [-0.05, 0) is 30.0 Å². The van der Waals surface area contributed by atoms with Gasteiger partial charge in [0.2, 0.25) is 5.43 Å². The van der Waals surface area contributed by atoms with Crippen molar-refractivity contribution >= 4 is 11.5 Å². The van der Waals surface area contributed by atoms with Gasteiger partial charge in [0, 0.05) is 18.8 Å². The number of allylic oxidation sites excluding steroid dienone is 1. The Morgan fingerprint density at radius 2 is 1.62 bits per heavy atom. The summed E-state index contributed by atoms with van der Waals surface area (Å²) in [5.41, 5.74) is 3.17. The fraction of sp³-hybridized carbons (Fsp3) is 0.286. The Hall–Kier alpha value is -3.80. The number of amides is 1.